The lowest BCUT2D eigenvalue weighted by Gasteiger charge is -2.43. The van der Waals surface area contributed by atoms with Crippen LogP contribution in [0.5, 0.6) is 0 Å². The first-order valence-corrected chi connectivity index (χ1v) is 9.31. The Kier molecular flexibility index (Phi) is 4.99. The Hall–Kier alpha value is -2.42. The van der Waals surface area contributed by atoms with Gasteiger partial charge < -0.3 is 4.90 Å². The van der Waals surface area contributed by atoms with Crippen LogP contribution in [0.2, 0.25) is 0 Å². The highest BCUT2D eigenvalue weighted by molar-refractivity contribution is 5.91. The van der Waals surface area contributed by atoms with Gasteiger partial charge in [-0.2, -0.15) is 0 Å². The van der Waals surface area contributed by atoms with E-state index >= 15 is 0 Å². The van der Waals surface area contributed by atoms with Gasteiger partial charge >= 0.3 is 0 Å². The molecule has 1 aromatic heterocycles. The second kappa shape index (κ2) is 7.06. The summed E-state index contributed by atoms with van der Waals surface area (Å²) in [5, 5.41) is 0. The summed E-state index contributed by atoms with van der Waals surface area (Å²) < 4.78 is 0. The molecule has 0 saturated carbocycles. The topological polar surface area (TPSA) is 33.2 Å². The Balaban J connectivity index is 2.06. The molecule has 136 valence electrons. The van der Waals surface area contributed by atoms with Crippen LogP contribution in [0.15, 0.2) is 60.9 Å². The number of rotatable bonds is 5. The third-order valence-electron chi connectivity index (χ3n) is 5.75. The van der Waals surface area contributed by atoms with Gasteiger partial charge in [-0.25, -0.2) is 0 Å². The minimum absolute atomic E-state index is 0.174. The number of aromatic nitrogens is 1. The largest absolute Gasteiger partial charge is 0.378 e. The summed E-state index contributed by atoms with van der Waals surface area (Å²) in [5.74, 6) is 0.319. The van der Waals surface area contributed by atoms with Crippen molar-refractivity contribution in [2.24, 2.45) is 0 Å². The van der Waals surface area contributed by atoms with Crippen LogP contribution < -0.4 is 4.90 Å². The monoisotopic (exact) mass is 348 g/mol. The summed E-state index contributed by atoms with van der Waals surface area (Å²) in [6, 6.07) is 12.6. The molecule has 1 aliphatic rings. The van der Waals surface area contributed by atoms with E-state index in [9.17, 15) is 4.79 Å². The number of Topliss-reactive ketones (excluding diaryl/α,β-unsaturated/α-hetero) is 1. The van der Waals surface area contributed by atoms with Gasteiger partial charge in [-0.1, -0.05) is 38.1 Å². The van der Waals surface area contributed by atoms with Gasteiger partial charge in [-0.15, -0.1) is 0 Å². The Morgan fingerprint density at radius 2 is 1.73 bits per heavy atom. The molecule has 0 amide bonds. The molecule has 0 spiro atoms. The van der Waals surface area contributed by atoms with Gasteiger partial charge in [0.2, 0.25) is 0 Å². The molecule has 0 radical (unpaired) electrons. The van der Waals surface area contributed by atoms with Crippen LogP contribution in [0.3, 0.4) is 0 Å². The fourth-order valence-corrected chi connectivity index (χ4v) is 4.22. The zero-order valence-corrected chi connectivity index (χ0v) is 16.2. The predicted molar refractivity (Wildman–Crippen MR) is 108 cm³/mol. The van der Waals surface area contributed by atoms with Gasteiger partial charge in [-0.05, 0) is 48.2 Å². The van der Waals surface area contributed by atoms with E-state index in [0.717, 1.165) is 24.1 Å². The molecule has 0 saturated heterocycles. The van der Waals surface area contributed by atoms with E-state index in [1.165, 1.54) is 5.56 Å². The third-order valence-corrected chi connectivity index (χ3v) is 5.75. The summed E-state index contributed by atoms with van der Waals surface area (Å²) in [7, 11) is 4.07. The fraction of sp³-hybridized carbons (Fsp3) is 0.391. The number of carbonyl (C=O) groups is 1. The second-order valence-electron chi connectivity index (χ2n) is 7.74. The zero-order valence-electron chi connectivity index (χ0n) is 16.2. The maximum atomic E-state index is 13.2. The molecule has 1 heterocycles. The summed E-state index contributed by atoms with van der Waals surface area (Å²) in [4.78, 5) is 19.4. The highest BCUT2D eigenvalue weighted by atomic mass is 16.1. The van der Waals surface area contributed by atoms with Gasteiger partial charge in [0.1, 0.15) is 5.78 Å². The molecule has 0 aliphatic heterocycles. The summed E-state index contributed by atoms with van der Waals surface area (Å²) in [6.07, 6.45) is 10.2. The van der Waals surface area contributed by atoms with Crippen molar-refractivity contribution in [2.45, 2.75) is 43.9 Å². The zero-order chi connectivity index (χ0) is 18.8. The maximum absolute atomic E-state index is 13.2. The maximum Gasteiger partial charge on any atom is 0.143 e. The van der Waals surface area contributed by atoms with Crippen molar-refractivity contribution < 1.29 is 4.79 Å². The molecule has 0 N–H and O–H groups in total. The van der Waals surface area contributed by atoms with Crippen LogP contribution in [0, 0.1) is 0 Å². The molecule has 3 nitrogen and oxygen atoms in total. The Labute approximate surface area is 156 Å². The number of hydrogen-bond donors (Lipinski definition) is 0. The van der Waals surface area contributed by atoms with E-state index in [1.807, 2.05) is 33.4 Å². The van der Waals surface area contributed by atoms with Crippen LogP contribution >= 0.6 is 0 Å². The van der Waals surface area contributed by atoms with Crippen LogP contribution in [-0.2, 0) is 15.6 Å². The summed E-state index contributed by atoms with van der Waals surface area (Å²) in [5.41, 5.74) is 2.84. The highest BCUT2D eigenvalue weighted by Crippen LogP contribution is 2.47. The number of ketones is 1. The summed E-state index contributed by atoms with van der Waals surface area (Å²) >= 11 is 0. The number of pyridine rings is 1. The van der Waals surface area contributed by atoms with Crippen molar-refractivity contribution in [3.05, 3.63) is 72.1 Å². The van der Waals surface area contributed by atoms with Gasteiger partial charge in [0, 0.05) is 44.0 Å². The van der Waals surface area contributed by atoms with Crippen molar-refractivity contribution in [2.75, 3.05) is 19.0 Å². The van der Waals surface area contributed by atoms with E-state index in [1.54, 1.807) is 0 Å². The molecule has 26 heavy (non-hydrogen) atoms. The molecular weight excluding hydrogens is 320 g/mol. The van der Waals surface area contributed by atoms with Crippen LogP contribution in [-0.4, -0.2) is 24.9 Å². The van der Waals surface area contributed by atoms with Gasteiger partial charge in [0.05, 0.1) is 5.41 Å². The molecule has 1 unspecified atom stereocenters. The van der Waals surface area contributed by atoms with E-state index in [2.05, 4.69) is 65.4 Å². The number of carbonyl (C=O) groups excluding carboxylic acids is 1. The number of hydrogen-bond acceptors (Lipinski definition) is 3. The molecule has 3 heteroatoms. The molecule has 1 aliphatic carbocycles. The predicted octanol–water partition coefficient (Wildman–Crippen LogP) is 4.67. The first-order valence-electron chi connectivity index (χ1n) is 9.31. The third kappa shape index (κ3) is 3.18. The van der Waals surface area contributed by atoms with E-state index < -0.39 is 5.41 Å². The molecule has 0 bridgehead atoms. The van der Waals surface area contributed by atoms with E-state index in [0.29, 0.717) is 12.2 Å². The highest BCUT2D eigenvalue weighted by Gasteiger charge is 2.45. The fourth-order valence-electron chi connectivity index (χ4n) is 4.22. The number of benzene rings is 1. The minimum atomic E-state index is -0.466. The van der Waals surface area contributed by atoms with Gasteiger partial charge in [0.15, 0.2) is 0 Å². The Morgan fingerprint density at radius 3 is 2.31 bits per heavy atom. The Morgan fingerprint density at radius 1 is 1.08 bits per heavy atom. The lowest BCUT2D eigenvalue weighted by Crippen LogP contribution is -2.43. The standard InChI is InChI=1S/C23H28N2O/c1-5-21(26)23(19-7-9-20(10-8-19)25(3)4)14-6-13-22(2,17-23)18-11-15-24-16-12-18/h6-13,15-16H,5,14,17H2,1-4H3/t22-,23?/m0/s1. The first kappa shape index (κ1) is 18.4. The lowest BCUT2D eigenvalue weighted by atomic mass is 9.59. The normalized spacial score (nSPS) is 25.1. The average molecular weight is 348 g/mol. The van der Waals surface area contributed by atoms with Crippen molar-refractivity contribution in [1.82, 2.24) is 4.98 Å². The van der Waals surface area contributed by atoms with Crippen LogP contribution in [0.25, 0.3) is 0 Å². The quantitative estimate of drug-likeness (QED) is 0.736. The van der Waals surface area contributed by atoms with Gasteiger partial charge in [-0.3, -0.25) is 9.78 Å². The lowest BCUT2D eigenvalue weighted by molar-refractivity contribution is -0.125. The summed E-state index contributed by atoms with van der Waals surface area (Å²) in [6.45, 7) is 4.20. The Bertz CT molecular complexity index is 795. The smallest absolute Gasteiger partial charge is 0.143 e. The number of allylic oxidation sites excluding steroid dienone is 2. The SMILES string of the molecule is CCC(=O)C1(c2ccc(N(C)C)cc2)CC=C[C@](C)(c2ccncc2)C1. The van der Waals surface area contributed by atoms with Crippen molar-refractivity contribution >= 4 is 11.5 Å². The number of anilines is 1. The van der Waals surface area contributed by atoms with Crippen molar-refractivity contribution in [3.63, 3.8) is 0 Å². The molecule has 2 aromatic rings. The molecule has 0 fully saturated rings. The van der Waals surface area contributed by atoms with Crippen molar-refractivity contribution in [1.29, 1.82) is 0 Å². The van der Waals surface area contributed by atoms with Gasteiger partial charge in [0.25, 0.3) is 0 Å². The first-order chi connectivity index (χ1) is 12.4. The average Bonchev–Trinajstić information content (AvgIpc) is 2.68. The molecule has 1 aromatic carbocycles. The van der Waals surface area contributed by atoms with Crippen LogP contribution in [0.4, 0.5) is 5.69 Å². The number of nitrogens with zero attached hydrogens (tertiary/aromatic N) is 2. The van der Waals surface area contributed by atoms with Crippen molar-refractivity contribution in [3.8, 4) is 0 Å². The molecule has 2 atom stereocenters. The van der Waals surface area contributed by atoms with E-state index in [-0.39, 0.29) is 5.41 Å². The molecular formula is C23H28N2O. The molecule has 3 rings (SSSR count). The second-order valence-corrected chi connectivity index (χ2v) is 7.74. The minimum Gasteiger partial charge on any atom is -0.378 e. The van der Waals surface area contributed by atoms with E-state index in [4.69, 9.17) is 0 Å². The van der Waals surface area contributed by atoms with Crippen LogP contribution in [0.1, 0.15) is 44.2 Å².